The van der Waals surface area contributed by atoms with Crippen LogP contribution in [0.4, 0.5) is 0 Å². The van der Waals surface area contributed by atoms with Crippen molar-refractivity contribution in [2.45, 2.75) is 70.2 Å². The first-order chi connectivity index (χ1) is 9.20. The quantitative estimate of drug-likeness (QED) is 0.780. The summed E-state index contributed by atoms with van der Waals surface area (Å²) in [6, 6.07) is 2.24. The topological polar surface area (TPSA) is 15.7 Å². The van der Waals surface area contributed by atoms with Crippen molar-refractivity contribution >= 4 is 0 Å². The Morgan fingerprint density at radius 1 is 1.05 bits per heavy atom. The molecule has 0 radical (unpaired) electrons. The van der Waals surface area contributed by atoms with Crippen LogP contribution in [-0.4, -0.2) is 60.8 Å². The minimum absolute atomic E-state index is 0.481. The highest BCUT2D eigenvalue weighted by atomic mass is 16.5. The summed E-state index contributed by atoms with van der Waals surface area (Å²) < 4.78 is 5.76. The molecule has 0 spiro atoms. The van der Waals surface area contributed by atoms with Gasteiger partial charge in [0.2, 0.25) is 0 Å². The lowest BCUT2D eigenvalue weighted by Crippen LogP contribution is -2.62. The molecule has 3 fully saturated rings. The Morgan fingerprint density at radius 2 is 1.89 bits per heavy atom. The lowest BCUT2D eigenvalue weighted by Gasteiger charge is -2.49. The highest BCUT2D eigenvalue weighted by Crippen LogP contribution is 2.34. The van der Waals surface area contributed by atoms with E-state index < -0.39 is 0 Å². The van der Waals surface area contributed by atoms with E-state index in [1.54, 1.807) is 0 Å². The summed E-state index contributed by atoms with van der Waals surface area (Å²) in [5, 5.41) is 0. The molecule has 4 atom stereocenters. The highest BCUT2D eigenvalue weighted by molar-refractivity contribution is 4.99. The maximum Gasteiger partial charge on any atom is 0.0726 e. The fraction of sp³-hybridized carbons (Fsp3) is 1.00. The molecule has 0 amide bonds. The van der Waals surface area contributed by atoms with Crippen molar-refractivity contribution in [1.29, 1.82) is 0 Å². The Bertz CT molecular complexity index is 307. The van der Waals surface area contributed by atoms with Crippen LogP contribution in [0.5, 0.6) is 0 Å². The average Bonchev–Trinajstić information content (AvgIpc) is 3.04. The number of fused-ring (bicyclic) bond motifs is 1. The lowest BCUT2D eigenvalue weighted by molar-refractivity contribution is -0.0427. The third kappa shape index (κ3) is 2.57. The Kier molecular flexibility index (Phi) is 4.16. The lowest BCUT2D eigenvalue weighted by atomic mass is 9.94. The Balaban J connectivity index is 1.76. The van der Waals surface area contributed by atoms with Gasteiger partial charge in [0, 0.05) is 38.3 Å². The van der Waals surface area contributed by atoms with Gasteiger partial charge in [-0.2, -0.15) is 0 Å². The number of hydrogen-bond donors (Lipinski definition) is 0. The zero-order valence-electron chi connectivity index (χ0n) is 12.8. The first kappa shape index (κ1) is 13.8. The molecule has 0 aromatic heterocycles. The van der Waals surface area contributed by atoms with Crippen LogP contribution < -0.4 is 0 Å². The molecule has 4 unspecified atom stereocenters. The van der Waals surface area contributed by atoms with Crippen molar-refractivity contribution in [3.8, 4) is 0 Å². The molecule has 19 heavy (non-hydrogen) atoms. The number of piperazine rings is 1. The van der Waals surface area contributed by atoms with Crippen LogP contribution in [-0.2, 0) is 4.74 Å². The molecular weight excluding hydrogens is 236 g/mol. The van der Waals surface area contributed by atoms with Gasteiger partial charge in [0.25, 0.3) is 0 Å². The summed E-state index contributed by atoms with van der Waals surface area (Å²) in [6.45, 7) is 8.69. The van der Waals surface area contributed by atoms with Gasteiger partial charge >= 0.3 is 0 Å². The van der Waals surface area contributed by atoms with E-state index in [9.17, 15) is 0 Å². The van der Waals surface area contributed by atoms with Crippen molar-refractivity contribution in [3.63, 3.8) is 0 Å². The van der Waals surface area contributed by atoms with E-state index in [0.29, 0.717) is 12.1 Å². The summed E-state index contributed by atoms with van der Waals surface area (Å²) >= 11 is 0. The second-order valence-electron chi connectivity index (χ2n) is 7.07. The van der Waals surface area contributed by atoms with Gasteiger partial charge in [-0.1, -0.05) is 13.8 Å². The second-order valence-corrected chi connectivity index (χ2v) is 7.07. The fourth-order valence-corrected chi connectivity index (χ4v) is 4.60. The van der Waals surface area contributed by atoms with Gasteiger partial charge in [-0.15, -0.1) is 0 Å². The number of nitrogens with zero attached hydrogens (tertiary/aromatic N) is 2. The van der Waals surface area contributed by atoms with E-state index in [2.05, 4.69) is 23.6 Å². The molecule has 3 aliphatic rings. The van der Waals surface area contributed by atoms with Gasteiger partial charge in [0.15, 0.2) is 0 Å². The first-order valence-corrected chi connectivity index (χ1v) is 8.23. The van der Waals surface area contributed by atoms with E-state index in [1.165, 1.54) is 51.7 Å². The van der Waals surface area contributed by atoms with Crippen LogP contribution in [0.1, 0.15) is 46.0 Å². The molecule has 2 aliphatic heterocycles. The van der Waals surface area contributed by atoms with E-state index in [1.807, 2.05) is 7.11 Å². The monoisotopic (exact) mass is 266 g/mol. The molecule has 2 heterocycles. The summed E-state index contributed by atoms with van der Waals surface area (Å²) in [5.74, 6) is 0.750. The van der Waals surface area contributed by atoms with E-state index >= 15 is 0 Å². The van der Waals surface area contributed by atoms with Gasteiger partial charge in [-0.25, -0.2) is 0 Å². The summed E-state index contributed by atoms with van der Waals surface area (Å²) in [6.07, 6.45) is 7.24. The normalized spacial score (nSPS) is 41.1. The molecule has 3 nitrogen and oxygen atoms in total. The van der Waals surface area contributed by atoms with Crippen LogP contribution in [0.3, 0.4) is 0 Å². The van der Waals surface area contributed by atoms with E-state index in [-0.39, 0.29) is 0 Å². The number of hydrogen-bond acceptors (Lipinski definition) is 3. The summed E-state index contributed by atoms with van der Waals surface area (Å²) in [4.78, 5) is 5.58. The molecule has 0 bridgehead atoms. The van der Waals surface area contributed by atoms with Gasteiger partial charge in [0.05, 0.1) is 6.10 Å². The molecule has 110 valence electrons. The summed E-state index contributed by atoms with van der Waals surface area (Å²) in [7, 11) is 1.90. The maximum atomic E-state index is 5.76. The van der Waals surface area contributed by atoms with Gasteiger partial charge in [-0.05, 0) is 44.6 Å². The van der Waals surface area contributed by atoms with Gasteiger partial charge < -0.3 is 4.74 Å². The fourth-order valence-electron chi connectivity index (χ4n) is 4.60. The molecule has 0 aromatic rings. The maximum absolute atomic E-state index is 5.76. The van der Waals surface area contributed by atoms with E-state index in [4.69, 9.17) is 4.74 Å². The number of rotatable bonds is 3. The Hall–Kier alpha value is -0.120. The van der Waals surface area contributed by atoms with Crippen LogP contribution >= 0.6 is 0 Å². The molecular formula is C16H30N2O. The minimum atomic E-state index is 0.481. The van der Waals surface area contributed by atoms with Crippen molar-refractivity contribution < 1.29 is 4.74 Å². The van der Waals surface area contributed by atoms with Crippen LogP contribution in [0.15, 0.2) is 0 Å². The Morgan fingerprint density at radius 3 is 2.63 bits per heavy atom. The van der Waals surface area contributed by atoms with Crippen molar-refractivity contribution in [1.82, 2.24) is 9.80 Å². The smallest absolute Gasteiger partial charge is 0.0726 e. The molecule has 1 aliphatic carbocycles. The zero-order chi connectivity index (χ0) is 13.4. The van der Waals surface area contributed by atoms with Crippen molar-refractivity contribution in [2.24, 2.45) is 5.92 Å². The third-order valence-electron chi connectivity index (χ3n) is 5.68. The van der Waals surface area contributed by atoms with Gasteiger partial charge in [-0.3, -0.25) is 9.80 Å². The number of ether oxygens (including phenoxy) is 1. The SMILES string of the molecule is COC1CCCC1N1CC2CCCN2CC1C(C)C. The molecule has 1 saturated carbocycles. The molecule has 2 saturated heterocycles. The Labute approximate surface area is 118 Å². The zero-order valence-corrected chi connectivity index (χ0v) is 12.8. The van der Waals surface area contributed by atoms with Crippen molar-refractivity contribution in [2.75, 3.05) is 26.7 Å². The third-order valence-corrected chi connectivity index (χ3v) is 5.68. The molecule has 0 N–H and O–H groups in total. The standard InChI is InChI=1S/C16H30N2O/c1-12(2)15-11-17-9-5-6-13(17)10-18(15)14-7-4-8-16(14)19-3/h12-16H,4-11H2,1-3H3. The average molecular weight is 266 g/mol. The largest absolute Gasteiger partial charge is 0.380 e. The predicted molar refractivity (Wildman–Crippen MR) is 78.4 cm³/mol. The first-order valence-electron chi connectivity index (χ1n) is 8.23. The van der Waals surface area contributed by atoms with Crippen LogP contribution in [0.25, 0.3) is 0 Å². The molecule has 3 rings (SSSR count). The molecule has 0 aromatic carbocycles. The second kappa shape index (κ2) is 5.71. The van der Waals surface area contributed by atoms with E-state index in [0.717, 1.165) is 18.0 Å². The van der Waals surface area contributed by atoms with Crippen molar-refractivity contribution in [3.05, 3.63) is 0 Å². The van der Waals surface area contributed by atoms with Crippen LogP contribution in [0, 0.1) is 5.92 Å². The predicted octanol–water partition coefficient (Wildman–Crippen LogP) is 2.36. The van der Waals surface area contributed by atoms with Crippen LogP contribution in [0.2, 0.25) is 0 Å². The molecule has 3 heteroatoms. The number of methoxy groups -OCH3 is 1. The van der Waals surface area contributed by atoms with Gasteiger partial charge in [0.1, 0.15) is 0 Å². The highest BCUT2D eigenvalue weighted by Gasteiger charge is 2.43. The summed E-state index contributed by atoms with van der Waals surface area (Å²) in [5.41, 5.74) is 0. The minimum Gasteiger partial charge on any atom is -0.380 e.